The molecule has 0 saturated carbocycles. The maximum atomic E-state index is 12.4. The van der Waals surface area contributed by atoms with Crippen LogP contribution in [0.25, 0.3) is 0 Å². The number of nitrogens with zero attached hydrogens (tertiary/aromatic N) is 3. The van der Waals surface area contributed by atoms with Crippen LogP contribution < -0.4 is 15.9 Å². The molecule has 1 aliphatic rings. The molecule has 1 amide bonds. The van der Waals surface area contributed by atoms with Crippen LogP contribution in [0.3, 0.4) is 0 Å². The quantitative estimate of drug-likeness (QED) is 0.214. The smallest absolute Gasteiger partial charge is 0.283 e. The number of piperazine rings is 1. The lowest BCUT2D eigenvalue weighted by atomic mass is 10.1. The largest absolute Gasteiger partial charge is 0.491 e. The second-order valence-electron chi connectivity index (χ2n) is 6.33. The van der Waals surface area contributed by atoms with Crippen LogP contribution >= 0.6 is 31.9 Å². The van der Waals surface area contributed by atoms with Gasteiger partial charge in [-0.1, -0.05) is 5.16 Å². The number of oxime groups is 1. The van der Waals surface area contributed by atoms with Crippen molar-refractivity contribution in [3.05, 3.63) is 26.6 Å². The lowest BCUT2D eigenvalue weighted by Gasteiger charge is -2.32. The van der Waals surface area contributed by atoms with Gasteiger partial charge in [0.1, 0.15) is 11.5 Å². The maximum absolute atomic E-state index is 12.4. The summed E-state index contributed by atoms with van der Waals surface area (Å²) in [5.41, 5.74) is 9.14. The van der Waals surface area contributed by atoms with Crippen LogP contribution in [0.4, 0.5) is 0 Å². The van der Waals surface area contributed by atoms with Gasteiger partial charge >= 0.3 is 0 Å². The number of halogens is 2. The Morgan fingerprint density at radius 3 is 2.48 bits per heavy atom. The molecule has 1 saturated heterocycles. The molecule has 1 heterocycles. The van der Waals surface area contributed by atoms with Gasteiger partial charge in [0.15, 0.2) is 0 Å². The molecule has 0 aliphatic carbocycles. The third kappa shape index (κ3) is 6.72. The second-order valence-corrected chi connectivity index (χ2v) is 8.04. The number of hydrazine groups is 1. The Morgan fingerprint density at radius 1 is 1.30 bits per heavy atom. The van der Waals surface area contributed by atoms with Crippen molar-refractivity contribution in [1.29, 1.82) is 0 Å². The zero-order valence-corrected chi connectivity index (χ0v) is 18.4. The van der Waals surface area contributed by atoms with E-state index in [1.54, 1.807) is 0 Å². The fourth-order valence-electron chi connectivity index (χ4n) is 2.59. The summed E-state index contributed by atoms with van der Waals surface area (Å²) in [6.07, 6.45) is 0.949. The van der Waals surface area contributed by atoms with E-state index >= 15 is 0 Å². The van der Waals surface area contributed by atoms with Gasteiger partial charge in [-0.05, 0) is 69.6 Å². The molecule has 0 spiro atoms. The van der Waals surface area contributed by atoms with E-state index in [0.29, 0.717) is 18.9 Å². The Kier molecular flexibility index (Phi) is 8.97. The first kappa shape index (κ1) is 22.1. The molecule has 1 aromatic carbocycles. The number of carbonyl (C=O) groups is 1. The molecule has 0 atom stereocenters. The number of rotatable bonds is 8. The maximum Gasteiger partial charge on any atom is 0.283 e. The van der Waals surface area contributed by atoms with Crippen molar-refractivity contribution >= 4 is 43.5 Å². The zero-order chi connectivity index (χ0) is 19.8. The van der Waals surface area contributed by atoms with Gasteiger partial charge in [-0.15, -0.1) is 0 Å². The number of amides is 1. The summed E-state index contributed by atoms with van der Waals surface area (Å²) >= 11 is 6.96. The fourth-order valence-corrected chi connectivity index (χ4v) is 4.10. The molecule has 2 rings (SSSR count). The number of hydrogen-bond acceptors (Lipinski definition) is 7. The minimum Gasteiger partial charge on any atom is -0.491 e. The first-order chi connectivity index (χ1) is 12.9. The van der Waals surface area contributed by atoms with E-state index in [-0.39, 0.29) is 12.1 Å². The normalized spacial score (nSPS) is 16.4. The lowest BCUT2D eigenvalue weighted by molar-refractivity contribution is -0.120. The number of carbonyl (C=O) groups excluding carboxylic acids is 1. The average Bonchev–Trinajstić information content (AvgIpc) is 2.63. The molecule has 27 heavy (non-hydrogen) atoms. The highest BCUT2D eigenvalue weighted by Gasteiger charge is 2.20. The van der Waals surface area contributed by atoms with Crippen molar-refractivity contribution in [2.75, 3.05) is 46.4 Å². The van der Waals surface area contributed by atoms with Crippen molar-refractivity contribution in [1.82, 2.24) is 15.3 Å². The minimum absolute atomic E-state index is 0.0459. The van der Waals surface area contributed by atoms with Crippen molar-refractivity contribution < 1.29 is 14.7 Å². The van der Waals surface area contributed by atoms with Gasteiger partial charge in [0, 0.05) is 32.6 Å². The third-order valence-corrected chi connectivity index (χ3v) is 5.35. The molecular weight excluding hydrogens is 482 g/mol. The van der Waals surface area contributed by atoms with Gasteiger partial charge in [0.05, 0.1) is 15.6 Å². The Bertz CT molecular complexity index is 656. The van der Waals surface area contributed by atoms with Crippen molar-refractivity contribution in [3.8, 4) is 5.75 Å². The monoisotopic (exact) mass is 505 g/mol. The molecule has 0 aromatic heterocycles. The third-order valence-electron chi connectivity index (χ3n) is 4.17. The summed E-state index contributed by atoms with van der Waals surface area (Å²) < 4.78 is 7.21. The summed E-state index contributed by atoms with van der Waals surface area (Å²) in [6.45, 7) is 4.28. The Labute approximate surface area is 175 Å². The van der Waals surface area contributed by atoms with E-state index < -0.39 is 5.91 Å². The number of hydrogen-bond donors (Lipinski definition) is 3. The summed E-state index contributed by atoms with van der Waals surface area (Å²) in [5.74, 6) is 0.272. The summed E-state index contributed by atoms with van der Waals surface area (Å²) in [5, 5.41) is 14.3. The van der Waals surface area contributed by atoms with Crippen molar-refractivity contribution in [2.24, 2.45) is 10.9 Å². The van der Waals surface area contributed by atoms with Crippen LogP contribution in [0.1, 0.15) is 12.0 Å². The summed E-state index contributed by atoms with van der Waals surface area (Å²) in [7, 11) is 2.04. The van der Waals surface area contributed by atoms with Crippen LogP contribution in [0.5, 0.6) is 5.75 Å². The second kappa shape index (κ2) is 11.0. The van der Waals surface area contributed by atoms with Gasteiger partial charge in [-0.2, -0.15) is 0 Å². The minimum atomic E-state index is -0.405. The van der Waals surface area contributed by atoms with Crippen LogP contribution in [-0.2, 0) is 11.2 Å². The van der Waals surface area contributed by atoms with Gasteiger partial charge in [-0.25, -0.2) is 5.01 Å². The fraction of sp³-hybridized carbons (Fsp3) is 0.529. The molecule has 0 radical (unpaired) electrons. The van der Waals surface area contributed by atoms with E-state index in [1.807, 2.05) is 24.2 Å². The van der Waals surface area contributed by atoms with Crippen molar-refractivity contribution in [2.45, 2.75) is 12.8 Å². The predicted molar refractivity (Wildman–Crippen MR) is 111 cm³/mol. The molecule has 8 nitrogen and oxygen atoms in total. The van der Waals surface area contributed by atoms with E-state index in [9.17, 15) is 10.0 Å². The number of likely N-dealkylation sites (N-methyl/N-ethyl adjacent to an activating group) is 1. The van der Waals surface area contributed by atoms with E-state index in [2.05, 4.69) is 47.3 Å². The molecular formula is C17H25Br2N5O3. The SMILES string of the molecule is CN1CCN(NC(=O)C(Cc2cc(Br)c(OCCCN)c(Br)c2)=NO)CC1. The van der Waals surface area contributed by atoms with E-state index in [1.165, 1.54) is 0 Å². The van der Waals surface area contributed by atoms with E-state index in [4.69, 9.17) is 10.5 Å². The first-order valence-electron chi connectivity index (χ1n) is 8.70. The molecule has 0 bridgehead atoms. The summed E-state index contributed by atoms with van der Waals surface area (Å²) in [6, 6.07) is 3.69. The number of benzene rings is 1. The standard InChI is InChI=1S/C17H25Br2N5O3/c1-23-4-6-24(7-5-23)21-17(25)15(22-26)11-12-9-13(18)16(14(19)10-12)27-8-2-3-20/h9-10,26H,2-8,11,20H2,1H3,(H,21,25). The number of nitrogens with two attached hydrogens (primary N) is 1. The highest BCUT2D eigenvalue weighted by atomic mass is 79.9. The highest BCUT2D eigenvalue weighted by molar-refractivity contribution is 9.11. The van der Waals surface area contributed by atoms with Gasteiger partial charge in [0.25, 0.3) is 5.91 Å². The highest BCUT2D eigenvalue weighted by Crippen LogP contribution is 2.35. The lowest BCUT2D eigenvalue weighted by Crippen LogP contribution is -2.54. The molecule has 4 N–H and O–H groups in total. The number of ether oxygens (including phenoxy) is 1. The van der Waals surface area contributed by atoms with Gasteiger partial charge in [-0.3, -0.25) is 10.2 Å². The molecule has 10 heteroatoms. The molecule has 0 unspecified atom stereocenters. The first-order valence-corrected chi connectivity index (χ1v) is 10.3. The van der Waals surface area contributed by atoms with Crippen LogP contribution in [0.2, 0.25) is 0 Å². The Balaban J connectivity index is 2.00. The average molecular weight is 507 g/mol. The van der Waals surface area contributed by atoms with Crippen LogP contribution in [0, 0.1) is 0 Å². The Hall–Kier alpha value is -1.20. The molecule has 1 aromatic rings. The molecule has 1 fully saturated rings. The number of nitrogens with one attached hydrogen (secondary N) is 1. The van der Waals surface area contributed by atoms with Gasteiger partial charge in [0.2, 0.25) is 0 Å². The topological polar surface area (TPSA) is 103 Å². The van der Waals surface area contributed by atoms with Gasteiger partial charge < -0.3 is 20.6 Å². The van der Waals surface area contributed by atoms with Crippen LogP contribution in [0.15, 0.2) is 26.2 Å². The molecule has 150 valence electrons. The zero-order valence-electron chi connectivity index (χ0n) is 15.3. The van der Waals surface area contributed by atoms with Crippen molar-refractivity contribution in [3.63, 3.8) is 0 Å². The predicted octanol–water partition coefficient (Wildman–Crippen LogP) is 1.59. The van der Waals surface area contributed by atoms with Crippen LogP contribution in [-0.4, -0.2) is 73.1 Å². The molecule has 1 aliphatic heterocycles. The Morgan fingerprint density at radius 2 is 1.93 bits per heavy atom. The van der Waals surface area contributed by atoms with E-state index in [0.717, 1.165) is 47.1 Å². The summed E-state index contributed by atoms with van der Waals surface area (Å²) in [4.78, 5) is 14.6.